The molecule has 178 valence electrons. The van der Waals surface area contributed by atoms with Crippen LogP contribution in [0.25, 0.3) is 0 Å². The Kier molecular flexibility index (Phi) is 7.17. The number of nitrogens with one attached hydrogen (secondary N) is 2. The van der Waals surface area contributed by atoms with Crippen molar-refractivity contribution in [2.75, 3.05) is 11.9 Å². The summed E-state index contributed by atoms with van der Waals surface area (Å²) >= 11 is 0. The van der Waals surface area contributed by atoms with Crippen molar-refractivity contribution >= 4 is 23.3 Å². The number of halogens is 4. The Labute approximate surface area is 187 Å². The van der Waals surface area contributed by atoms with Crippen LogP contribution in [-0.2, 0) is 18.0 Å². The lowest BCUT2D eigenvalue weighted by atomic mass is 10.0. The summed E-state index contributed by atoms with van der Waals surface area (Å²) < 4.78 is 53.7. The van der Waals surface area contributed by atoms with E-state index in [2.05, 4.69) is 17.2 Å². The molecule has 2 aromatic rings. The normalized spacial score (nSPS) is 13.2. The number of aliphatic hydroxyl groups excluding tert-OH is 1. The van der Waals surface area contributed by atoms with E-state index in [0.29, 0.717) is 12.1 Å². The highest BCUT2D eigenvalue weighted by molar-refractivity contribution is 6.43. The molecule has 2 amide bonds. The van der Waals surface area contributed by atoms with Gasteiger partial charge in [-0.15, -0.1) is 6.58 Å². The number of carbonyl (C=O) groups excluding carboxylic acids is 3. The van der Waals surface area contributed by atoms with Gasteiger partial charge in [0.15, 0.2) is 0 Å². The molecule has 0 aliphatic carbocycles. The molecule has 11 heteroatoms. The molecule has 1 heterocycles. The summed E-state index contributed by atoms with van der Waals surface area (Å²) in [5, 5.41) is 14.0. The van der Waals surface area contributed by atoms with Crippen LogP contribution in [0.2, 0.25) is 0 Å². The van der Waals surface area contributed by atoms with Gasteiger partial charge < -0.3 is 20.3 Å². The maximum absolute atomic E-state index is 13.5. The number of rotatable bonds is 7. The number of hydrogen-bond acceptors (Lipinski definition) is 4. The number of nitrogens with zero attached hydrogens (tertiary/aromatic N) is 1. The summed E-state index contributed by atoms with van der Waals surface area (Å²) in [7, 11) is 1.44. The number of aromatic nitrogens is 1. The Morgan fingerprint density at radius 3 is 2.33 bits per heavy atom. The number of hydrogen-bond donors (Lipinski definition) is 3. The molecule has 3 N–H and O–H groups in total. The Morgan fingerprint density at radius 1 is 1.21 bits per heavy atom. The van der Waals surface area contributed by atoms with Crippen LogP contribution in [0.3, 0.4) is 0 Å². The van der Waals surface area contributed by atoms with Gasteiger partial charge in [0.05, 0.1) is 23.3 Å². The maximum Gasteiger partial charge on any atom is 0.419 e. The van der Waals surface area contributed by atoms with Gasteiger partial charge in [-0.3, -0.25) is 14.4 Å². The molecular weight excluding hydrogens is 446 g/mol. The minimum Gasteiger partial charge on any atom is -0.394 e. The van der Waals surface area contributed by atoms with E-state index in [4.69, 9.17) is 0 Å². The van der Waals surface area contributed by atoms with Crippen molar-refractivity contribution in [3.63, 3.8) is 0 Å². The number of amides is 2. The van der Waals surface area contributed by atoms with Gasteiger partial charge in [-0.25, -0.2) is 4.39 Å². The predicted molar refractivity (Wildman–Crippen MR) is 112 cm³/mol. The van der Waals surface area contributed by atoms with Crippen molar-refractivity contribution in [2.24, 2.45) is 7.05 Å². The van der Waals surface area contributed by atoms with Crippen molar-refractivity contribution in [1.29, 1.82) is 0 Å². The van der Waals surface area contributed by atoms with Crippen LogP contribution in [0, 0.1) is 19.7 Å². The highest BCUT2D eigenvalue weighted by Crippen LogP contribution is 2.33. The van der Waals surface area contributed by atoms with Crippen molar-refractivity contribution in [3.8, 4) is 0 Å². The molecule has 1 aromatic carbocycles. The SMILES string of the molecule is C=C[C@](C)(CO)NC(=O)C(=O)c1c(C)c(C(=O)Nc2ccc(F)c(C(F)(F)F)c2)n(C)c1C. The quantitative estimate of drug-likeness (QED) is 0.251. The van der Waals surface area contributed by atoms with E-state index in [-0.39, 0.29) is 28.2 Å². The first kappa shape index (κ1) is 25.8. The average molecular weight is 469 g/mol. The lowest BCUT2D eigenvalue weighted by molar-refractivity contribution is -0.140. The highest BCUT2D eigenvalue weighted by atomic mass is 19.4. The summed E-state index contributed by atoms with van der Waals surface area (Å²) in [4.78, 5) is 38.1. The predicted octanol–water partition coefficient (Wildman–Crippen LogP) is 3.29. The fourth-order valence-corrected chi connectivity index (χ4v) is 3.23. The van der Waals surface area contributed by atoms with Gasteiger partial charge in [0, 0.05) is 18.4 Å². The van der Waals surface area contributed by atoms with Gasteiger partial charge in [-0.05, 0) is 44.5 Å². The number of Topliss-reactive ketones (excluding diaryl/α,β-unsaturated/α-hetero) is 1. The van der Waals surface area contributed by atoms with Crippen LogP contribution in [0.15, 0.2) is 30.9 Å². The molecule has 0 saturated carbocycles. The van der Waals surface area contributed by atoms with E-state index in [9.17, 15) is 37.1 Å². The van der Waals surface area contributed by atoms with Gasteiger partial charge in [-0.1, -0.05) is 6.08 Å². The third-order valence-electron chi connectivity index (χ3n) is 5.29. The van der Waals surface area contributed by atoms with Gasteiger partial charge >= 0.3 is 6.18 Å². The van der Waals surface area contributed by atoms with E-state index < -0.39 is 47.3 Å². The molecular formula is C22H23F4N3O4. The fraction of sp³-hybridized carbons (Fsp3) is 0.318. The first-order valence-corrected chi connectivity index (χ1v) is 9.62. The molecule has 2 rings (SSSR count). The molecule has 0 saturated heterocycles. The summed E-state index contributed by atoms with van der Waals surface area (Å²) in [5.41, 5.74) is -2.85. The smallest absolute Gasteiger partial charge is 0.394 e. The molecule has 0 fully saturated rings. The van der Waals surface area contributed by atoms with Crippen LogP contribution in [0.4, 0.5) is 23.2 Å². The van der Waals surface area contributed by atoms with Crippen molar-refractivity contribution in [1.82, 2.24) is 9.88 Å². The van der Waals surface area contributed by atoms with Crippen LogP contribution in [0.5, 0.6) is 0 Å². The molecule has 1 aromatic heterocycles. The zero-order chi connectivity index (χ0) is 25.3. The Balaban J connectivity index is 2.40. The van der Waals surface area contributed by atoms with Crippen molar-refractivity contribution in [3.05, 3.63) is 64.7 Å². The largest absolute Gasteiger partial charge is 0.419 e. The van der Waals surface area contributed by atoms with Crippen LogP contribution < -0.4 is 10.6 Å². The number of ketones is 1. The third kappa shape index (κ3) is 5.14. The molecule has 0 unspecified atom stereocenters. The maximum atomic E-state index is 13.5. The molecule has 0 spiro atoms. The average Bonchev–Trinajstić information content (AvgIpc) is 2.96. The Bertz CT molecular complexity index is 1140. The topological polar surface area (TPSA) is 100 Å². The summed E-state index contributed by atoms with van der Waals surface area (Å²) in [6.07, 6.45) is -3.69. The standard InChI is InChI=1S/C22H23F4N3O4/c1-6-21(4,10-30)28-20(33)18(31)16-11(2)17(29(5)12(16)3)19(32)27-13-7-8-15(23)14(9-13)22(24,25)26/h6-9,30H,1,10H2,2-5H3,(H,27,32)(H,28,33)/t21-/m1/s1. The van der Waals surface area contributed by atoms with E-state index in [1.165, 1.54) is 38.5 Å². The monoisotopic (exact) mass is 469 g/mol. The van der Waals surface area contributed by atoms with Gasteiger partial charge in [0.2, 0.25) is 0 Å². The molecule has 0 aliphatic heterocycles. The second-order valence-corrected chi connectivity index (χ2v) is 7.70. The van der Waals surface area contributed by atoms with Gasteiger partial charge in [-0.2, -0.15) is 13.2 Å². The number of anilines is 1. The van der Waals surface area contributed by atoms with E-state index in [1.807, 2.05) is 0 Å². The lowest BCUT2D eigenvalue weighted by Gasteiger charge is -2.24. The summed E-state index contributed by atoms with van der Waals surface area (Å²) in [6.45, 7) is 7.34. The Morgan fingerprint density at radius 2 is 1.82 bits per heavy atom. The van der Waals surface area contributed by atoms with E-state index in [1.54, 1.807) is 0 Å². The molecule has 1 atom stereocenters. The second kappa shape index (κ2) is 9.18. The Hall–Kier alpha value is -3.47. The van der Waals surface area contributed by atoms with Crippen molar-refractivity contribution in [2.45, 2.75) is 32.5 Å². The number of benzene rings is 1. The van der Waals surface area contributed by atoms with E-state index in [0.717, 1.165) is 6.07 Å². The van der Waals surface area contributed by atoms with E-state index >= 15 is 0 Å². The first-order chi connectivity index (χ1) is 15.2. The lowest BCUT2D eigenvalue weighted by Crippen LogP contribution is -2.49. The summed E-state index contributed by atoms with van der Waals surface area (Å²) in [6, 6.07) is 2.01. The van der Waals surface area contributed by atoms with Gasteiger partial charge in [0.25, 0.3) is 17.6 Å². The molecule has 0 radical (unpaired) electrons. The number of carbonyl (C=O) groups is 3. The molecule has 0 aliphatic rings. The van der Waals surface area contributed by atoms with Crippen LogP contribution in [-0.4, -0.2) is 39.4 Å². The number of aliphatic hydroxyl groups is 1. The first-order valence-electron chi connectivity index (χ1n) is 9.62. The van der Waals surface area contributed by atoms with Crippen LogP contribution >= 0.6 is 0 Å². The minimum absolute atomic E-state index is 0.0698. The fourth-order valence-electron chi connectivity index (χ4n) is 3.23. The third-order valence-corrected chi connectivity index (χ3v) is 5.29. The molecule has 33 heavy (non-hydrogen) atoms. The zero-order valence-corrected chi connectivity index (χ0v) is 18.4. The summed E-state index contributed by atoms with van der Waals surface area (Å²) in [5.74, 6) is -4.35. The van der Waals surface area contributed by atoms with Crippen molar-refractivity contribution < 1.29 is 37.1 Å². The number of alkyl halides is 3. The van der Waals surface area contributed by atoms with Gasteiger partial charge in [0.1, 0.15) is 11.5 Å². The second-order valence-electron chi connectivity index (χ2n) is 7.70. The molecule has 0 bridgehead atoms. The zero-order valence-electron chi connectivity index (χ0n) is 18.4. The minimum atomic E-state index is -4.95. The molecule has 7 nitrogen and oxygen atoms in total. The van der Waals surface area contributed by atoms with Crippen LogP contribution in [0.1, 0.15) is 44.6 Å². The highest BCUT2D eigenvalue weighted by Gasteiger charge is 2.35.